The summed E-state index contributed by atoms with van der Waals surface area (Å²) in [4.78, 5) is 4.80. The van der Waals surface area contributed by atoms with Gasteiger partial charge in [-0.1, -0.05) is 87.4 Å². The number of hydrogen-bond donors (Lipinski definition) is 0. The van der Waals surface area contributed by atoms with Crippen LogP contribution in [0, 0.1) is 31.1 Å². The standard InChI is InChI=1S/C27H31N.C2H6/c1-5-6-13-27(18-21(27)4)24-11-9-10-23(22-16-19(2)15-20(3)17-22)26(24)25-12-7-8-14-28-25;1-2/h6-10,12-17,21,24H,5,11,18H2,1-4H3;1-2H3. The highest BCUT2D eigenvalue weighted by atomic mass is 14.7. The van der Waals surface area contributed by atoms with E-state index < -0.39 is 0 Å². The zero-order chi connectivity index (χ0) is 21.7. The van der Waals surface area contributed by atoms with Gasteiger partial charge in [0.25, 0.3) is 0 Å². The van der Waals surface area contributed by atoms with Crippen LogP contribution in [0.5, 0.6) is 0 Å². The molecule has 1 aromatic carbocycles. The van der Waals surface area contributed by atoms with E-state index in [4.69, 9.17) is 4.98 Å². The minimum Gasteiger partial charge on any atom is -0.257 e. The molecule has 1 nitrogen and oxygen atoms in total. The van der Waals surface area contributed by atoms with Crippen LogP contribution in [0.25, 0.3) is 11.1 Å². The molecule has 3 unspecified atom stereocenters. The molecule has 0 N–H and O–H groups in total. The third kappa shape index (κ3) is 4.36. The molecule has 1 heterocycles. The van der Waals surface area contributed by atoms with Crippen LogP contribution in [0.4, 0.5) is 0 Å². The van der Waals surface area contributed by atoms with Crippen molar-refractivity contribution in [3.05, 3.63) is 89.3 Å². The van der Waals surface area contributed by atoms with Crippen LogP contribution < -0.4 is 0 Å². The molecule has 0 bridgehead atoms. The number of aromatic nitrogens is 1. The third-order valence-corrected chi connectivity index (χ3v) is 6.50. The number of rotatable bonds is 5. The van der Waals surface area contributed by atoms with Crippen LogP contribution in [0.15, 0.2) is 66.9 Å². The van der Waals surface area contributed by atoms with Gasteiger partial charge in [-0.2, -0.15) is 0 Å². The van der Waals surface area contributed by atoms with E-state index in [9.17, 15) is 0 Å². The number of allylic oxidation sites excluding steroid dienone is 6. The first-order valence-corrected chi connectivity index (χ1v) is 11.6. The Hall–Kier alpha value is -2.41. The quantitative estimate of drug-likeness (QED) is 0.462. The van der Waals surface area contributed by atoms with E-state index in [1.165, 1.54) is 34.3 Å². The lowest BCUT2D eigenvalue weighted by Gasteiger charge is -2.32. The topological polar surface area (TPSA) is 12.9 Å². The summed E-state index contributed by atoms with van der Waals surface area (Å²) in [6, 6.07) is 13.2. The van der Waals surface area contributed by atoms with Crippen LogP contribution in [0.2, 0.25) is 0 Å². The molecule has 30 heavy (non-hydrogen) atoms. The Kier molecular flexibility index (Phi) is 7.13. The maximum absolute atomic E-state index is 4.80. The van der Waals surface area contributed by atoms with Crippen LogP contribution >= 0.6 is 0 Å². The van der Waals surface area contributed by atoms with Crippen molar-refractivity contribution in [2.75, 3.05) is 0 Å². The van der Waals surface area contributed by atoms with E-state index in [0.29, 0.717) is 5.92 Å². The molecule has 0 spiro atoms. The molecule has 1 aromatic heterocycles. The molecule has 158 valence electrons. The van der Waals surface area contributed by atoms with Crippen molar-refractivity contribution < 1.29 is 0 Å². The second-order valence-corrected chi connectivity index (χ2v) is 8.64. The van der Waals surface area contributed by atoms with Gasteiger partial charge in [0.2, 0.25) is 0 Å². The predicted molar refractivity (Wildman–Crippen MR) is 131 cm³/mol. The van der Waals surface area contributed by atoms with E-state index in [1.807, 2.05) is 26.1 Å². The Bertz CT molecular complexity index is 927. The summed E-state index contributed by atoms with van der Waals surface area (Å²) in [5, 5.41) is 0. The van der Waals surface area contributed by atoms with E-state index in [-0.39, 0.29) is 5.41 Å². The highest BCUT2D eigenvalue weighted by molar-refractivity contribution is 5.97. The number of pyridine rings is 1. The van der Waals surface area contributed by atoms with Crippen molar-refractivity contribution in [2.45, 2.75) is 60.8 Å². The molecular formula is C29H37N. The number of hydrogen-bond acceptors (Lipinski definition) is 1. The van der Waals surface area contributed by atoms with Crippen molar-refractivity contribution in [1.29, 1.82) is 0 Å². The van der Waals surface area contributed by atoms with Crippen molar-refractivity contribution in [3.8, 4) is 0 Å². The Balaban J connectivity index is 0.00000124. The van der Waals surface area contributed by atoms with Gasteiger partial charge in [-0.25, -0.2) is 0 Å². The summed E-state index contributed by atoms with van der Waals surface area (Å²) in [6.45, 7) is 13.0. The Morgan fingerprint density at radius 1 is 1.10 bits per heavy atom. The summed E-state index contributed by atoms with van der Waals surface area (Å²) < 4.78 is 0. The normalized spacial score (nSPS) is 25.3. The SMILES string of the molecule is CC.CCC=CC1(C2CC=CC(c3cc(C)cc(C)c3)=C2c2ccccn2)CC1C. The first-order valence-electron chi connectivity index (χ1n) is 11.6. The summed E-state index contributed by atoms with van der Waals surface area (Å²) in [7, 11) is 0. The van der Waals surface area contributed by atoms with E-state index in [0.717, 1.165) is 24.5 Å². The fourth-order valence-electron chi connectivity index (χ4n) is 5.07. The third-order valence-electron chi connectivity index (χ3n) is 6.50. The molecule has 2 aliphatic rings. The Labute approximate surface area is 183 Å². The van der Waals surface area contributed by atoms with Gasteiger partial charge < -0.3 is 0 Å². The Morgan fingerprint density at radius 2 is 1.80 bits per heavy atom. The first kappa shape index (κ1) is 22.3. The number of aryl methyl sites for hydroxylation is 2. The van der Waals surface area contributed by atoms with Gasteiger partial charge in [-0.15, -0.1) is 0 Å². The van der Waals surface area contributed by atoms with Crippen molar-refractivity contribution in [1.82, 2.24) is 4.98 Å². The molecule has 0 amide bonds. The Morgan fingerprint density at radius 3 is 2.37 bits per heavy atom. The highest BCUT2D eigenvalue weighted by Crippen LogP contribution is 2.64. The number of benzene rings is 1. The maximum atomic E-state index is 4.80. The average Bonchev–Trinajstić information content (AvgIpc) is 3.43. The van der Waals surface area contributed by atoms with Gasteiger partial charge in [0.05, 0.1) is 5.69 Å². The smallest absolute Gasteiger partial charge is 0.0671 e. The molecule has 1 heteroatoms. The van der Waals surface area contributed by atoms with Crippen molar-refractivity contribution >= 4 is 11.1 Å². The molecule has 3 atom stereocenters. The molecule has 0 aliphatic heterocycles. The van der Waals surface area contributed by atoms with E-state index in [1.54, 1.807) is 0 Å². The first-order chi connectivity index (χ1) is 14.5. The summed E-state index contributed by atoms with van der Waals surface area (Å²) in [5.41, 5.74) is 8.15. The highest BCUT2D eigenvalue weighted by Gasteiger charge is 2.55. The molecule has 1 saturated carbocycles. The van der Waals surface area contributed by atoms with Gasteiger partial charge in [0.15, 0.2) is 0 Å². The van der Waals surface area contributed by atoms with Crippen LogP contribution in [0.3, 0.4) is 0 Å². The molecule has 0 saturated heterocycles. The largest absolute Gasteiger partial charge is 0.257 e. The van der Waals surface area contributed by atoms with Gasteiger partial charge in [0.1, 0.15) is 0 Å². The number of nitrogens with zero attached hydrogens (tertiary/aromatic N) is 1. The molecular weight excluding hydrogens is 362 g/mol. The van der Waals surface area contributed by atoms with Crippen molar-refractivity contribution in [3.63, 3.8) is 0 Å². The average molecular weight is 400 g/mol. The zero-order valence-electron chi connectivity index (χ0n) is 19.6. The molecule has 2 aromatic rings. The van der Waals surface area contributed by atoms with Gasteiger partial charge in [-0.3, -0.25) is 4.98 Å². The second-order valence-electron chi connectivity index (χ2n) is 8.64. The molecule has 4 rings (SSSR count). The second kappa shape index (κ2) is 9.60. The fraction of sp³-hybridized carbons (Fsp3) is 0.414. The van der Waals surface area contributed by atoms with Gasteiger partial charge in [-0.05, 0) is 79.2 Å². The molecule has 0 radical (unpaired) electrons. The minimum absolute atomic E-state index is 0.276. The van der Waals surface area contributed by atoms with Crippen LogP contribution in [-0.4, -0.2) is 4.98 Å². The van der Waals surface area contributed by atoms with Gasteiger partial charge >= 0.3 is 0 Å². The van der Waals surface area contributed by atoms with Gasteiger partial charge in [0, 0.05) is 6.20 Å². The summed E-state index contributed by atoms with van der Waals surface area (Å²) in [6.07, 6.45) is 15.0. The van der Waals surface area contributed by atoms with E-state index in [2.05, 4.69) is 82.3 Å². The van der Waals surface area contributed by atoms with Crippen LogP contribution in [0.1, 0.15) is 69.3 Å². The predicted octanol–water partition coefficient (Wildman–Crippen LogP) is 8.20. The summed E-state index contributed by atoms with van der Waals surface area (Å²) >= 11 is 0. The van der Waals surface area contributed by atoms with Crippen LogP contribution in [-0.2, 0) is 0 Å². The molecule has 1 fully saturated rings. The lowest BCUT2D eigenvalue weighted by molar-refractivity contribution is 0.438. The summed E-state index contributed by atoms with van der Waals surface area (Å²) in [5.74, 6) is 1.21. The molecule has 2 aliphatic carbocycles. The lowest BCUT2D eigenvalue weighted by Crippen LogP contribution is -2.21. The lowest BCUT2D eigenvalue weighted by atomic mass is 9.72. The van der Waals surface area contributed by atoms with Crippen molar-refractivity contribution in [2.24, 2.45) is 17.3 Å². The zero-order valence-corrected chi connectivity index (χ0v) is 19.6. The monoisotopic (exact) mass is 399 g/mol. The minimum atomic E-state index is 0.276. The maximum Gasteiger partial charge on any atom is 0.0671 e. The fourth-order valence-corrected chi connectivity index (χ4v) is 5.07. The van der Waals surface area contributed by atoms with E-state index >= 15 is 0 Å².